The average Bonchev–Trinajstić information content (AvgIpc) is 2.27. The van der Waals surface area contributed by atoms with E-state index in [4.69, 9.17) is 20.3 Å². The van der Waals surface area contributed by atoms with Crippen molar-refractivity contribution < 1.29 is 19.4 Å². The van der Waals surface area contributed by atoms with Crippen molar-refractivity contribution in [2.24, 2.45) is 0 Å². The molecule has 0 aromatic heterocycles. The summed E-state index contributed by atoms with van der Waals surface area (Å²) >= 11 is 1.37. The van der Waals surface area contributed by atoms with Gasteiger partial charge in [-0.25, -0.2) is 4.79 Å². The van der Waals surface area contributed by atoms with Crippen molar-refractivity contribution in [2.45, 2.75) is 4.90 Å². The summed E-state index contributed by atoms with van der Waals surface area (Å²) in [6, 6.07) is 1.66. The van der Waals surface area contributed by atoms with Crippen LogP contribution >= 0.6 is 11.8 Å². The van der Waals surface area contributed by atoms with Crippen molar-refractivity contribution in [3.05, 3.63) is 11.6 Å². The Morgan fingerprint density at radius 2 is 2.06 bits per heavy atom. The highest BCUT2D eigenvalue weighted by Crippen LogP contribution is 2.40. The topological polar surface area (TPSA) is 81.8 Å². The molecule has 0 bridgehead atoms. The number of anilines is 1. The summed E-state index contributed by atoms with van der Waals surface area (Å²) in [6.45, 7) is 0. The van der Waals surface area contributed by atoms with Crippen LogP contribution in [0.4, 0.5) is 5.69 Å². The van der Waals surface area contributed by atoms with Gasteiger partial charge < -0.3 is 20.3 Å². The van der Waals surface area contributed by atoms with Crippen LogP contribution in [0, 0.1) is 0 Å². The van der Waals surface area contributed by atoms with Gasteiger partial charge in [-0.15, -0.1) is 11.8 Å². The molecule has 0 heterocycles. The zero-order chi connectivity index (χ0) is 12.3. The van der Waals surface area contributed by atoms with Crippen LogP contribution in [0.15, 0.2) is 11.0 Å². The molecule has 0 unspecified atom stereocenters. The molecule has 88 valence electrons. The van der Waals surface area contributed by atoms with Crippen molar-refractivity contribution >= 4 is 23.4 Å². The third-order valence-corrected chi connectivity index (χ3v) is 2.85. The van der Waals surface area contributed by atoms with E-state index in [1.54, 1.807) is 6.07 Å². The molecule has 1 rings (SSSR count). The minimum atomic E-state index is -1.14. The Bertz CT molecular complexity index is 420. The highest BCUT2D eigenvalue weighted by atomic mass is 32.2. The van der Waals surface area contributed by atoms with Crippen LogP contribution in [-0.4, -0.2) is 31.6 Å². The van der Waals surface area contributed by atoms with E-state index in [9.17, 15) is 4.79 Å². The van der Waals surface area contributed by atoms with E-state index in [0.717, 1.165) is 0 Å². The minimum absolute atomic E-state index is 0.0637. The maximum atomic E-state index is 11.1. The number of ether oxygens (including phenoxy) is 2. The van der Waals surface area contributed by atoms with Gasteiger partial charge in [-0.05, 0) is 12.3 Å². The molecule has 1 aromatic carbocycles. The van der Waals surface area contributed by atoms with Crippen molar-refractivity contribution in [3.8, 4) is 11.5 Å². The van der Waals surface area contributed by atoms with Crippen molar-refractivity contribution in [1.82, 2.24) is 0 Å². The largest absolute Gasteiger partial charge is 0.495 e. The SMILES string of the molecule is COc1cc(SC)c(OC)c(C(=O)O)c1N. The second-order valence-electron chi connectivity index (χ2n) is 2.91. The summed E-state index contributed by atoms with van der Waals surface area (Å²) in [4.78, 5) is 11.8. The third kappa shape index (κ3) is 2.01. The number of methoxy groups -OCH3 is 2. The number of rotatable bonds is 4. The molecule has 0 amide bonds. The molecular weight excluding hydrogens is 230 g/mol. The standard InChI is InChI=1S/C10H13NO4S/c1-14-5-4-6(16-3)9(15-2)7(8(5)11)10(12)13/h4H,11H2,1-3H3,(H,12,13). The van der Waals surface area contributed by atoms with E-state index in [2.05, 4.69) is 0 Å². The van der Waals surface area contributed by atoms with Gasteiger partial charge in [0.1, 0.15) is 17.1 Å². The fourth-order valence-electron chi connectivity index (χ4n) is 1.37. The number of benzene rings is 1. The molecule has 1 aromatic rings. The molecule has 0 aliphatic heterocycles. The second kappa shape index (κ2) is 4.98. The van der Waals surface area contributed by atoms with Crippen LogP contribution in [0.3, 0.4) is 0 Å². The van der Waals surface area contributed by atoms with Gasteiger partial charge in [-0.3, -0.25) is 0 Å². The van der Waals surface area contributed by atoms with E-state index in [0.29, 0.717) is 10.6 Å². The number of carbonyl (C=O) groups is 1. The van der Waals surface area contributed by atoms with Gasteiger partial charge in [0, 0.05) is 0 Å². The van der Waals surface area contributed by atoms with Gasteiger partial charge in [0.15, 0.2) is 0 Å². The first-order valence-electron chi connectivity index (χ1n) is 4.38. The first-order valence-corrected chi connectivity index (χ1v) is 5.61. The number of carboxylic acids is 1. The Morgan fingerprint density at radius 3 is 2.44 bits per heavy atom. The monoisotopic (exact) mass is 243 g/mol. The molecule has 0 atom stereocenters. The van der Waals surface area contributed by atoms with E-state index in [1.807, 2.05) is 6.26 Å². The molecular formula is C10H13NO4S. The number of carboxylic acid groups (broad SMARTS) is 1. The normalized spacial score (nSPS) is 9.94. The summed E-state index contributed by atoms with van der Waals surface area (Å²) in [7, 11) is 2.85. The van der Waals surface area contributed by atoms with Crippen molar-refractivity contribution in [3.63, 3.8) is 0 Å². The van der Waals surface area contributed by atoms with Crippen LogP contribution in [0.25, 0.3) is 0 Å². The average molecular weight is 243 g/mol. The number of thioether (sulfide) groups is 1. The Morgan fingerprint density at radius 1 is 1.44 bits per heavy atom. The first-order chi connectivity index (χ1) is 7.56. The quantitative estimate of drug-likeness (QED) is 0.618. The minimum Gasteiger partial charge on any atom is -0.495 e. The maximum Gasteiger partial charge on any atom is 0.341 e. The lowest BCUT2D eigenvalue weighted by molar-refractivity contribution is 0.0693. The molecule has 0 saturated heterocycles. The van der Waals surface area contributed by atoms with Crippen LogP contribution in [0.5, 0.6) is 11.5 Å². The van der Waals surface area contributed by atoms with Crippen LogP contribution < -0.4 is 15.2 Å². The third-order valence-electron chi connectivity index (χ3n) is 2.11. The first kappa shape index (κ1) is 12.5. The number of aromatic carboxylic acids is 1. The maximum absolute atomic E-state index is 11.1. The van der Waals surface area contributed by atoms with Crippen LogP contribution in [0.1, 0.15) is 10.4 Å². The van der Waals surface area contributed by atoms with Crippen molar-refractivity contribution in [2.75, 3.05) is 26.2 Å². The zero-order valence-corrected chi connectivity index (χ0v) is 10.1. The van der Waals surface area contributed by atoms with Gasteiger partial charge >= 0.3 is 5.97 Å². The van der Waals surface area contributed by atoms with E-state index in [1.165, 1.54) is 26.0 Å². The van der Waals surface area contributed by atoms with Crippen LogP contribution in [-0.2, 0) is 0 Å². The molecule has 16 heavy (non-hydrogen) atoms. The Kier molecular flexibility index (Phi) is 3.89. The molecule has 0 saturated carbocycles. The molecule has 0 aliphatic rings. The van der Waals surface area contributed by atoms with Gasteiger partial charge in [-0.2, -0.15) is 0 Å². The fraction of sp³-hybridized carbons (Fsp3) is 0.300. The summed E-state index contributed by atoms with van der Waals surface area (Å²) in [5, 5.41) is 9.09. The van der Waals surface area contributed by atoms with Crippen LogP contribution in [0.2, 0.25) is 0 Å². The second-order valence-corrected chi connectivity index (χ2v) is 3.76. The zero-order valence-electron chi connectivity index (χ0n) is 9.23. The molecule has 6 heteroatoms. The fourth-order valence-corrected chi connectivity index (χ4v) is 1.96. The molecule has 0 radical (unpaired) electrons. The molecule has 5 nitrogen and oxygen atoms in total. The number of hydrogen-bond acceptors (Lipinski definition) is 5. The lowest BCUT2D eigenvalue weighted by Crippen LogP contribution is -2.08. The van der Waals surface area contributed by atoms with Gasteiger partial charge in [0.25, 0.3) is 0 Å². The molecule has 3 N–H and O–H groups in total. The highest BCUT2D eigenvalue weighted by molar-refractivity contribution is 7.98. The van der Waals surface area contributed by atoms with E-state index < -0.39 is 5.97 Å². The molecule has 0 spiro atoms. The smallest absolute Gasteiger partial charge is 0.341 e. The predicted octanol–water partition coefficient (Wildman–Crippen LogP) is 1.71. The Hall–Kier alpha value is -1.56. The summed E-state index contributed by atoms with van der Waals surface area (Å²) < 4.78 is 10.1. The lowest BCUT2D eigenvalue weighted by atomic mass is 10.1. The van der Waals surface area contributed by atoms with E-state index in [-0.39, 0.29) is 17.0 Å². The summed E-state index contributed by atoms with van der Waals surface area (Å²) in [5.74, 6) is -0.538. The van der Waals surface area contributed by atoms with Gasteiger partial charge in [0.05, 0.1) is 24.8 Å². The Labute approximate surface area is 97.5 Å². The van der Waals surface area contributed by atoms with E-state index >= 15 is 0 Å². The molecule has 0 fully saturated rings. The lowest BCUT2D eigenvalue weighted by Gasteiger charge is -2.14. The van der Waals surface area contributed by atoms with Crippen molar-refractivity contribution in [1.29, 1.82) is 0 Å². The van der Waals surface area contributed by atoms with Gasteiger partial charge in [-0.1, -0.05) is 0 Å². The number of hydrogen-bond donors (Lipinski definition) is 2. The number of nitrogens with two attached hydrogens (primary N) is 1. The van der Waals surface area contributed by atoms with Gasteiger partial charge in [0.2, 0.25) is 0 Å². The number of nitrogen functional groups attached to an aromatic ring is 1. The predicted molar refractivity (Wildman–Crippen MR) is 62.7 cm³/mol. The summed E-state index contributed by atoms with van der Waals surface area (Å²) in [5.41, 5.74) is 5.71. The highest BCUT2D eigenvalue weighted by Gasteiger charge is 2.22. The summed E-state index contributed by atoms with van der Waals surface area (Å²) in [6.07, 6.45) is 1.82. The molecule has 0 aliphatic carbocycles. The Balaban J connectivity index is 3.57.